The molecule has 0 saturated carbocycles. The predicted octanol–water partition coefficient (Wildman–Crippen LogP) is 3.36. The first-order chi connectivity index (χ1) is 8.38. The van der Waals surface area contributed by atoms with Gasteiger partial charge in [-0.1, -0.05) is 66.7 Å². The summed E-state index contributed by atoms with van der Waals surface area (Å²) < 4.78 is 0. The van der Waals surface area contributed by atoms with Gasteiger partial charge in [0.2, 0.25) is 0 Å². The lowest BCUT2D eigenvalue weighted by Gasteiger charge is -2.00. The van der Waals surface area contributed by atoms with Gasteiger partial charge in [-0.2, -0.15) is 0 Å². The fourth-order valence-electron chi connectivity index (χ4n) is 1.78. The Morgan fingerprint density at radius 2 is 1.53 bits per heavy atom. The fourth-order valence-corrected chi connectivity index (χ4v) is 1.78. The van der Waals surface area contributed by atoms with Crippen molar-refractivity contribution in [2.75, 3.05) is 6.54 Å². The van der Waals surface area contributed by atoms with Crippen LogP contribution in [0.15, 0.2) is 54.6 Å². The maximum absolute atomic E-state index is 5.56. The molecule has 2 aromatic rings. The number of nitrogens with two attached hydrogens (primary N) is 1. The summed E-state index contributed by atoms with van der Waals surface area (Å²) in [6.07, 6.45) is 5.20. The van der Waals surface area contributed by atoms with Crippen molar-refractivity contribution in [1.29, 1.82) is 0 Å². The van der Waals surface area contributed by atoms with Gasteiger partial charge in [0.1, 0.15) is 0 Å². The van der Waals surface area contributed by atoms with Gasteiger partial charge in [0.25, 0.3) is 0 Å². The molecule has 17 heavy (non-hydrogen) atoms. The molecule has 0 amide bonds. The molecule has 0 aromatic heterocycles. The molecule has 0 aliphatic carbocycles. The standard InChI is InChI=1S/C16H17N/c17-12-11-16-8-4-7-15(13-16)10-9-14-5-2-1-3-6-14/h1-10,13H,11-12,17H2. The molecule has 0 fully saturated rings. The molecule has 86 valence electrons. The maximum Gasteiger partial charge on any atom is -0.00367 e. The van der Waals surface area contributed by atoms with Gasteiger partial charge in [0, 0.05) is 0 Å². The van der Waals surface area contributed by atoms with Crippen molar-refractivity contribution in [2.24, 2.45) is 5.73 Å². The molecule has 2 rings (SSSR count). The molecule has 2 N–H and O–H groups in total. The van der Waals surface area contributed by atoms with Crippen LogP contribution in [0.3, 0.4) is 0 Å². The van der Waals surface area contributed by atoms with E-state index in [0.717, 1.165) is 6.42 Å². The molecule has 0 bridgehead atoms. The maximum atomic E-state index is 5.56. The van der Waals surface area contributed by atoms with E-state index in [2.05, 4.69) is 48.6 Å². The quantitative estimate of drug-likeness (QED) is 0.790. The predicted molar refractivity (Wildman–Crippen MR) is 74.6 cm³/mol. The van der Waals surface area contributed by atoms with Crippen LogP contribution in [-0.2, 0) is 6.42 Å². The van der Waals surface area contributed by atoms with Crippen LogP contribution in [0.1, 0.15) is 16.7 Å². The summed E-state index contributed by atoms with van der Waals surface area (Å²) >= 11 is 0. The molecule has 0 saturated heterocycles. The lowest BCUT2D eigenvalue weighted by molar-refractivity contribution is 0.968. The molecule has 0 aliphatic heterocycles. The molecular formula is C16H17N. The second-order valence-electron chi connectivity index (χ2n) is 4.03. The Hall–Kier alpha value is -1.86. The van der Waals surface area contributed by atoms with Gasteiger partial charge < -0.3 is 5.73 Å². The molecule has 0 heterocycles. The summed E-state index contributed by atoms with van der Waals surface area (Å²) in [5.41, 5.74) is 9.29. The number of benzene rings is 2. The smallest absolute Gasteiger partial charge is 0.00367 e. The number of hydrogen-bond donors (Lipinski definition) is 1. The second-order valence-corrected chi connectivity index (χ2v) is 4.03. The van der Waals surface area contributed by atoms with Gasteiger partial charge in [0.15, 0.2) is 0 Å². The van der Waals surface area contributed by atoms with Crippen LogP contribution in [-0.4, -0.2) is 6.54 Å². The van der Waals surface area contributed by atoms with Crippen molar-refractivity contribution in [3.63, 3.8) is 0 Å². The largest absolute Gasteiger partial charge is 0.330 e. The van der Waals surface area contributed by atoms with E-state index in [0.29, 0.717) is 6.54 Å². The van der Waals surface area contributed by atoms with Crippen LogP contribution in [0, 0.1) is 0 Å². The van der Waals surface area contributed by atoms with E-state index < -0.39 is 0 Å². The summed E-state index contributed by atoms with van der Waals surface area (Å²) in [5, 5.41) is 0. The van der Waals surface area contributed by atoms with Crippen LogP contribution in [0.25, 0.3) is 12.2 Å². The van der Waals surface area contributed by atoms with Crippen molar-refractivity contribution in [3.8, 4) is 0 Å². The average Bonchev–Trinajstić information content (AvgIpc) is 2.39. The zero-order valence-corrected chi connectivity index (χ0v) is 9.84. The van der Waals surface area contributed by atoms with Gasteiger partial charge >= 0.3 is 0 Å². The summed E-state index contributed by atoms with van der Waals surface area (Å²) in [6, 6.07) is 18.8. The number of hydrogen-bond acceptors (Lipinski definition) is 1. The molecule has 1 heteroatoms. The van der Waals surface area contributed by atoms with Crippen LogP contribution < -0.4 is 5.73 Å². The minimum absolute atomic E-state index is 0.700. The Kier molecular flexibility index (Phi) is 4.11. The van der Waals surface area contributed by atoms with Crippen molar-refractivity contribution in [3.05, 3.63) is 71.3 Å². The van der Waals surface area contributed by atoms with Crippen molar-refractivity contribution < 1.29 is 0 Å². The SMILES string of the molecule is NCCc1cccc(C=Cc2ccccc2)c1. The van der Waals surface area contributed by atoms with Crippen molar-refractivity contribution in [2.45, 2.75) is 6.42 Å². The van der Waals surface area contributed by atoms with Gasteiger partial charge in [0.05, 0.1) is 0 Å². The third-order valence-electron chi connectivity index (χ3n) is 2.65. The van der Waals surface area contributed by atoms with E-state index in [-0.39, 0.29) is 0 Å². The molecule has 0 atom stereocenters. The van der Waals surface area contributed by atoms with Gasteiger partial charge in [-0.15, -0.1) is 0 Å². The minimum Gasteiger partial charge on any atom is -0.330 e. The normalized spacial score (nSPS) is 10.9. The molecule has 2 aromatic carbocycles. The topological polar surface area (TPSA) is 26.0 Å². The summed E-state index contributed by atoms with van der Waals surface area (Å²) in [6.45, 7) is 0.700. The van der Waals surface area contributed by atoms with Gasteiger partial charge in [-0.25, -0.2) is 0 Å². The van der Waals surface area contributed by atoms with E-state index >= 15 is 0 Å². The van der Waals surface area contributed by atoms with E-state index in [9.17, 15) is 0 Å². The molecule has 1 nitrogen and oxygen atoms in total. The highest BCUT2D eigenvalue weighted by Crippen LogP contribution is 2.10. The lowest BCUT2D eigenvalue weighted by Crippen LogP contribution is -2.02. The molecule has 0 aliphatic rings. The van der Waals surface area contributed by atoms with Crippen molar-refractivity contribution >= 4 is 12.2 Å². The highest BCUT2D eigenvalue weighted by Gasteiger charge is 1.92. The van der Waals surface area contributed by atoms with Crippen LogP contribution >= 0.6 is 0 Å². The second kappa shape index (κ2) is 6.02. The Labute approximate surface area is 103 Å². The Balaban J connectivity index is 2.13. The molecule has 0 radical (unpaired) electrons. The van der Waals surface area contributed by atoms with Crippen LogP contribution in [0.2, 0.25) is 0 Å². The van der Waals surface area contributed by atoms with E-state index in [1.165, 1.54) is 16.7 Å². The Morgan fingerprint density at radius 3 is 2.29 bits per heavy atom. The summed E-state index contributed by atoms with van der Waals surface area (Å²) in [4.78, 5) is 0. The highest BCUT2D eigenvalue weighted by atomic mass is 14.5. The highest BCUT2D eigenvalue weighted by molar-refractivity contribution is 5.69. The zero-order valence-electron chi connectivity index (χ0n) is 9.84. The fraction of sp³-hybridized carbons (Fsp3) is 0.125. The molecular weight excluding hydrogens is 206 g/mol. The Bertz CT molecular complexity index is 486. The molecule has 0 unspecified atom stereocenters. The first-order valence-electron chi connectivity index (χ1n) is 5.90. The monoisotopic (exact) mass is 223 g/mol. The Morgan fingerprint density at radius 1 is 0.824 bits per heavy atom. The van der Waals surface area contributed by atoms with E-state index in [1.54, 1.807) is 0 Å². The minimum atomic E-state index is 0.700. The number of rotatable bonds is 4. The third kappa shape index (κ3) is 3.58. The first kappa shape index (κ1) is 11.6. The van der Waals surface area contributed by atoms with E-state index in [1.807, 2.05) is 18.2 Å². The third-order valence-corrected chi connectivity index (χ3v) is 2.65. The summed E-state index contributed by atoms with van der Waals surface area (Å²) in [5.74, 6) is 0. The van der Waals surface area contributed by atoms with Crippen molar-refractivity contribution in [1.82, 2.24) is 0 Å². The van der Waals surface area contributed by atoms with Gasteiger partial charge in [-0.3, -0.25) is 0 Å². The molecule has 0 spiro atoms. The average molecular weight is 223 g/mol. The first-order valence-corrected chi connectivity index (χ1v) is 5.90. The van der Waals surface area contributed by atoms with Crippen LogP contribution in [0.5, 0.6) is 0 Å². The zero-order chi connectivity index (χ0) is 11.9. The lowest BCUT2D eigenvalue weighted by atomic mass is 10.1. The van der Waals surface area contributed by atoms with E-state index in [4.69, 9.17) is 5.73 Å². The summed E-state index contributed by atoms with van der Waals surface area (Å²) in [7, 11) is 0. The van der Waals surface area contributed by atoms with Gasteiger partial charge in [-0.05, 0) is 29.7 Å². The van der Waals surface area contributed by atoms with Crippen LogP contribution in [0.4, 0.5) is 0 Å².